The van der Waals surface area contributed by atoms with Gasteiger partial charge in [-0.1, -0.05) is 17.7 Å². The van der Waals surface area contributed by atoms with Crippen LogP contribution in [0.2, 0.25) is 5.02 Å². The van der Waals surface area contributed by atoms with Gasteiger partial charge in [0.1, 0.15) is 12.1 Å². The molecule has 8 nitrogen and oxygen atoms in total. The van der Waals surface area contributed by atoms with Gasteiger partial charge in [-0.15, -0.1) is 5.10 Å². The predicted octanol–water partition coefficient (Wildman–Crippen LogP) is 1.67. The largest absolute Gasteiger partial charge is 0.353 e. The van der Waals surface area contributed by atoms with Crippen LogP contribution in [0.4, 0.5) is 5.82 Å². The zero-order chi connectivity index (χ0) is 17.9. The minimum atomic E-state index is -0.0920. The number of amides is 1. The van der Waals surface area contributed by atoms with Gasteiger partial charge < -0.3 is 9.80 Å². The molecule has 3 aromatic rings. The number of rotatable bonds is 3. The summed E-state index contributed by atoms with van der Waals surface area (Å²) in [5.74, 6) is 0.837. The number of hydrogen-bond acceptors (Lipinski definition) is 6. The van der Waals surface area contributed by atoms with E-state index in [2.05, 4.69) is 25.4 Å². The normalized spacial score (nSPS) is 14.5. The third kappa shape index (κ3) is 3.23. The zero-order valence-corrected chi connectivity index (χ0v) is 14.6. The Morgan fingerprint density at radius 1 is 1.08 bits per heavy atom. The topological polar surface area (TPSA) is 80.0 Å². The first kappa shape index (κ1) is 16.5. The van der Waals surface area contributed by atoms with Crippen molar-refractivity contribution in [1.82, 2.24) is 30.1 Å². The van der Waals surface area contributed by atoms with Gasteiger partial charge in [0.05, 0.1) is 16.3 Å². The summed E-state index contributed by atoms with van der Waals surface area (Å²) in [6.45, 7) is 2.68. The fraction of sp³-hybridized carbons (Fsp3) is 0.235. The van der Waals surface area contributed by atoms with Gasteiger partial charge in [-0.3, -0.25) is 4.79 Å². The Balaban J connectivity index is 1.49. The second kappa shape index (κ2) is 7.09. The van der Waals surface area contributed by atoms with Gasteiger partial charge in [-0.2, -0.15) is 0 Å². The standard InChI is InChI=1S/C17H16ClN7O/c18-15-5-4-13(25-12-20-21-22-25)11-14(15)17(26)24-9-7-23(8-10-24)16-3-1-2-6-19-16/h1-6,11-12H,7-10H2. The van der Waals surface area contributed by atoms with Gasteiger partial charge in [-0.25, -0.2) is 9.67 Å². The quantitative estimate of drug-likeness (QED) is 0.698. The highest BCUT2D eigenvalue weighted by molar-refractivity contribution is 6.33. The number of carbonyl (C=O) groups excluding carboxylic acids is 1. The Hall–Kier alpha value is -3.00. The molecule has 0 unspecified atom stereocenters. The Labute approximate surface area is 155 Å². The number of hydrogen-bond donors (Lipinski definition) is 0. The number of pyridine rings is 1. The summed E-state index contributed by atoms with van der Waals surface area (Å²) >= 11 is 6.27. The highest BCUT2D eigenvalue weighted by Gasteiger charge is 2.24. The lowest BCUT2D eigenvalue weighted by atomic mass is 10.1. The van der Waals surface area contributed by atoms with Gasteiger partial charge >= 0.3 is 0 Å². The van der Waals surface area contributed by atoms with Gasteiger partial charge in [-0.05, 0) is 40.8 Å². The molecule has 0 saturated carbocycles. The average Bonchev–Trinajstić information content (AvgIpc) is 3.23. The van der Waals surface area contributed by atoms with E-state index < -0.39 is 0 Å². The predicted molar refractivity (Wildman–Crippen MR) is 96.5 cm³/mol. The molecule has 1 saturated heterocycles. The fourth-order valence-electron chi connectivity index (χ4n) is 2.95. The Bertz CT molecular complexity index is 893. The molecule has 4 rings (SSSR count). The Morgan fingerprint density at radius 2 is 1.92 bits per heavy atom. The lowest BCUT2D eigenvalue weighted by molar-refractivity contribution is 0.0746. The third-order valence-corrected chi connectivity index (χ3v) is 4.66. The molecule has 26 heavy (non-hydrogen) atoms. The van der Waals surface area contributed by atoms with Crippen LogP contribution in [-0.2, 0) is 0 Å². The first-order chi connectivity index (χ1) is 12.7. The third-order valence-electron chi connectivity index (χ3n) is 4.33. The molecule has 132 valence electrons. The highest BCUT2D eigenvalue weighted by atomic mass is 35.5. The molecule has 2 aromatic heterocycles. The molecular formula is C17H16ClN7O. The van der Waals surface area contributed by atoms with E-state index in [-0.39, 0.29) is 5.91 Å². The van der Waals surface area contributed by atoms with Crippen molar-refractivity contribution in [3.63, 3.8) is 0 Å². The Morgan fingerprint density at radius 3 is 2.62 bits per heavy atom. The SMILES string of the molecule is O=C(c1cc(-n2cnnn2)ccc1Cl)N1CCN(c2ccccn2)CC1. The van der Waals surface area contributed by atoms with Crippen LogP contribution in [0.15, 0.2) is 48.9 Å². The Kier molecular flexibility index (Phi) is 4.49. The summed E-state index contributed by atoms with van der Waals surface area (Å²) in [5.41, 5.74) is 1.14. The van der Waals surface area contributed by atoms with Crippen molar-refractivity contribution in [2.45, 2.75) is 0 Å². The monoisotopic (exact) mass is 369 g/mol. The maximum atomic E-state index is 12.9. The first-order valence-electron chi connectivity index (χ1n) is 8.20. The van der Waals surface area contributed by atoms with E-state index in [0.717, 1.165) is 18.9 Å². The van der Waals surface area contributed by atoms with Crippen LogP contribution in [0, 0.1) is 0 Å². The van der Waals surface area contributed by atoms with E-state index >= 15 is 0 Å². The molecule has 9 heteroatoms. The number of carbonyl (C=O) groups is 1. The summed E-state index contributed by atoms with van der Waals surface area (Å²) in [5, 5.41) is 11.5. The molecular weight excluding hydrogens is 354 g/mol. The molecule has 1 aliphatic rings. The van der Waals surface area contributed by atoms with Gasteiger partial charge in [0.2, 0.25) is 0 Å². The molecule has 1 amide bonds. The van der Waals surface area contributed by atoms with Crippen molar-refractivity contribution in [2.24, 2.45) is 0 Å². The van der Waals surface area contributed by atoms with Crippen LogP contribution in [-0.4, -0.2) is 62.2 Å². The van der Waals surface area contributed by atoms with Crippen LogP contribution in [0.1, 0.15) is 10.4 Å². The van der Waals surface area contributed by atoms with Crippen molar-refractivity contribution in [2.75, 3.05) is 31.1 Å². The zero-order valence-electron chi connectivity index (χ0n) is 13.9. The second-order valence-electron chi connectivity index (χ2n) is 5.89. The lowest BCUT2D eigenvalue weighted by Gasteiger charge is -2.35. The molecule has 0 atom stereocenters. The van der Waals surface area contributed by atoms with E-state index in [1.165, 1.54) is 11.0 Å². The van der Waals surface area contributed by atoms with E-state index in [4.69, 9.17) is 11.6 Å². The minimum absolute atomic E-state index is 0.0920. The molecule has 0 aliphatic carbocycles. The summed E-state index contributed by atoms with van der Waals surface area (Å²) in [7, 11) is 0. The second-order valence-corrected chi connectivity index (χ2v) is 6.29. The number of tetrazole rings is 1. The van der Waals surface area contributed by atoms with Gasteiger partial charge in [0.15, 0.2) is 0 Å². The van der Waals surface area contributed by atoms with Crippen molar-refractivity contribution in [1.29, 1.82) is 0 Å². The van der Waals surface area contributed by atoms with Crippen molar-refractivity contribution in [3.05, 3.63) is 59.5 Å². The maximum Gasteiger partial charge on any atom is 0.255 e. The number of aromatic nitrogens is 5. The molecule has 0 spiro atoms. The van der Waals surface area contributed by atoms with E-state index in [0.29, 0.717) is 29.4 Å². The van der Waals surface area contributed by atoms with Crippen LogP contribution < -0.4 is 4.90 Å². The van der Waals surface area contributed by atoms with Crippen molar-refractivity contribution >= 4 is 23.3 Å². The minimum Gasteiger partial charge on any atom is -0.353 e. The van der Waals surface area contributed by atoms with Gasteiger partial charge in [0.25, 0.3) is 5.91 Å². The highest BCUT2D eigenvalue weighted by Crippen LogP contribution is 2.22. The number of benzene rings is 1. The van der Waals surface area contributed by atoms with Crippen LogP contribution >= 0.6 is 11.6 Å². The summed E-state index contributed by atoms with van der Waals surface area (Å²) in [4.78, 5) is 21.3. The van der Waals surface area contributed by atoms with Crippen LogP contribution in [0.3, 0.4) is 0 Å². The number of anilines is 1. The lowest BCUT2D eigenvalue weighted by Crippen LogP contribution is -2.49. The molecule has 1 aromatic carbocycles. The van der Waals surface area contributed by atoms with E-state index in [1.807, 2.05) is 23.1 Å². The van der Waals surface area contributed by atoms with Crippen molar-refractivity contribution < 1.29 is 4.79 Å². The van der Waals surface area contributed by atoms with Crippen molar-refractivity contribution in [3.8, 4) is 5.69 Å². The number of halogens is 1. The molecule has 0 radical (unpaired) electrons. The van der Waals surface area contributed by atoms with E-state index in [9.17, 15) is 4.79 Å². The van der Waals surface area contributed by atoms with Crippen LogP contribution in [0.25, 0.3) is 5.69 Å². The summed E-state index contributed by atoms with van der Waals surface area (Å²) < 4.78 is 1.49. The molecule has 0 N–H and O–H groups in total. The molecule has 1 aliphatic heterocycles. The molecule has 3 heterocycles. The van der Waals surface area contributed by atoms with Gasteiger partial charge in [0, 0.05) is 32.4 Å². The molecule has 1 fully saturated rings. The smallest absolute Gasteiger partial charge is 0.255 e. The number of nitrogens with zero attached hydrogens (tertiary/aromatic N) is 7. The summed E-state index contributed by atoms with van der Waals surface area (Å²) in [6, 6.07) is 11.0. The average molecular weight is 370 g/mol. The maximum absolute atomic E-state index is 12.9. The van der Waals surface area contributed by atoms with Crippen LogP contribution in [0.5, 0.6) is 0 Å². The fourth-order valence-corrected chi connectivity index (χ4v) is 3.15. The summed E-state index contributed by atoms with van der Waals surface area (Å²) in [6.07, 6.45) is 3.25. The first-order valence-corrected chi connectivity index (χ1v) is 8.58. The van der Waals surface area contributed by atoms with E-state index in [1.54, 1.807) is 24.4 Å². The number of piperazine rings is 1. The molecule has 0 bridgehead atoms.